The quantitative estimate of drug-likeness (QED) is 0.538. The van der Waals surface area contributed by atoms with E-state index in [1.807, 2.05) is 40.4 Å². The van der Waals surface area contributed by atoms with E-state index in [2.05, 4.69) is 26.3 Å². The van der Waals surface area contributed by atoms with Crippen molar-refractivity contribution in [3.8, 4) is 5.75 Å². The number of nitrogens with zero attached hydrogens (tertiary/aromatic N) is 2. The Balaban J connectivity index is 1.89. The summed E-state index contributed by atoms with van der Waals surface area (Å²) in [5.41, 5.74) is 4.87. The molecule has 1 aromatic carbocycles. The summed E-state index contributed by atoms with van der Waals surface area (Å²) < 4.78 is 8.44. The molecular formula is C14H15BrN4OS. The Bertz CT molecular complexity index is 726. The van der Waals surface area contributed by atoms with Gasteiger partial charge in [-0.25, -0.2) is 4.98 Å². The minimum atomic E-state index is -0.0577. The Morgan fingerprint density at radius 1 is 1.52 bits per heavy atom. The SMILES string of the molecule is COc1cc(Br)ccc1C(Cc1cn2ccsc2n1)NN. The molecule has 1 atom stereocenters. The van der Waals surface area contributed by atoms with Gasteiger partial charge in [0.05, 0.1) is 18.8 Å². The Hall–Kier alpha value is -1.41. The number of hydrogen-bond acceptors (Lipinski definition) is 5. The van der Waals surface area contributed by atoms with Crippen molar-refractivity contribution < 1.29 is 4.74 Å². The molecule has 3 N–H and O–H groups in total. The highest BCUT2D eigenvalue weighted by atomic mass is 79.9. The lowest BCUT2D eigenvalue weighted by Gasteiger charge is -2.18. The number of ether oxygens (including phenoxy) is 1. The fourth-order valence-electron chi connectivity index (χ4n) is 2.32. The van der Waals surface area contributed by atoms with Gasteiger partial charge in [-0.15, -0.1) is 11.3 Å². The molecule has 21 heavy (non-hydrogen) atoms. The third-order valence-electron chi connectivity index (χ3n) is 3.33. The second-order valence-corrected chi connectivity index (χ2v) is 6.42. The lowest BCUT2D eigenvalue weighted by atomic mass is 10.0. The van der Waals surface area contributed by atoms with Gasteiger partial charge in [0, 0.05) is 34.2 Å². The van der Waals surface area contributed by atoms with E-state index in [0.29, 0.717) is 6.42 Å². The van der Waals surface area contributed by atoms with E-state index in [0.717, 1.165) is 26.4 Å². The van der Waals surface area contributed by atoms with Crippen molar-refractivity contribution in [3.05, 3.63) is 51.7 Å². The van der Waals surface area contributed by atoms with E-state index in [-0.39, 0.29) is 6.04 Å². The fourth-order valence-corrected chi connectivity index (χ4v) is 3.37. The Kier molecular flexibility index (Phi) is 4.25. The van der Waals surface area contributed by atoms with Crippen LogP contribution >= 0.6 is 27.3 Å². The van der Waals surface area contributed by atoms with Crippen LogP contribution in [0.15, 0.2) is 40.4 Å². The van der Waals surface area contributed by atoms with Crippen molar-refractivity contribution in [3.63, 3.8) is 0 Å². The van der Waals surface area contributed by atoms with Crippen LogP contribution in [0.5, 0.6) is 5.75 Å². The molecule has 0 bridgehead atoms. The summed E-state index contributed by atoms with van der Waals surface area (Å²) in [5, 5.41) is 2.02. The van der Waals surface area contributed by atoms with Gasteiger partial charge in [-0.3, -0.25) is 15.7 Å². The predicted molar refractivity (Wildman–Crippen MR) is 87.5 cm³/mol. The summed E-state index contributed by atoms with van der Waals surface area (Å²) in [6, 6.07) is 5.86. The van der Waals surface area contributed by atoms with Crippen LogP contribution in [0.2, 0.25) is 0 Å². The highest BCUT2D eigenvalue weighted by Gasteiger charge is 2.17. The highest BCUT2D eigenvalue weighted by Crippen LogP contribution is 2.30. The molecule has 0 spiro atoms. The lowest BCUT2D eigenvalue weighted by Crippen LogP contribution is -2.30. The zero-order valence-electron chi connectivity index (χ0n) is 11.4. The van der Waals surface area contributed by atoms with Crippen LogP contribution in [0.4, 0.5) is 0 Å². The Labute approximate surface area is 134 Å². The smallest absolute Gasteiger partial charge is 0.193 e. The van der Waals surface area contributed by atoms with Gasteiger partial charge in [-0.1, -0.05) is 22.0 Å². The molecular weight excluding hydrogens is 352 g/mol. The predicted octanol–water partition coefficient (Wildman–Crippen LogP) is 2.91. The molecule has 1 unspecified atom stereocenters. The van der Waals surface area contributed by atoms with Crippen LogP contribution in [-0.4, -0.2) is 16.5 Å². The van der Waals surface area contributed by atoms with E-state index >= 15 is 0 Å². The second kappa shape index (κ2) is 6.15. The van der Waals surface area contributed by atoms with Crippen LogP contribution in [0.25, 0.3) is 4.96 Å². The topological polar surface area (TPSA) is 64.6 Å². The lowest BCUT2D eigenvalue weighted by molar-refractivity contribution is 0.398. The molecule has 0 saturated heterocycles. The van der Waals surface area contributed by atoms with Crippen molar-refractivity contribution in [2.45, 2.75) is 12.5 Å². The Morgan fingerprint density at radius 2 is 2.38 bits per heavy atom. The maximum atomic E-state index is 5.73. The molecule has 0 amide bonds. The van der Waals surface area contributed by atoms with E-state index in [1.54, 1.807) is 18.4 Å². The molecule has 3 aromatic rings. The number of aromatic nitrogens is 2. The molecule has 0 aliphatic rings. The number of imidazole rings is 1. The number of benzene rings is 1. The third kappa shape index (κ3) is 2.96. The minimum absolute atomic E-state index is 0.0577. The van der Waals surface area contributed by atoms with Gasteiger partial charge in [0.25, 0.3) is 0 Å². The minimum Gasteiger partial charge on any atom is -0.496 e. The van der Waals surface area contributed by atoms with Crippen molar-refractivity contribution in [2.24, 2.45) is 5.84 Å². The number of hydrogen-bond donors (Lipinski definition) is 2. The average Bonchev–Trinajstić information content (AvgIpc) is 3.06. The first-order chi connectivity index (χ1) is 10.2. The normalized spacial score (nSPS) is 12.7. The van der Waals surface area contributed by atoms with Crippen LogP contribution in [-0.2, 0) is 6.42 Å². The summed E-state index contributed by atoms with van der Waals surface area (Å²) in [6.45, 7) is 0. The molecule has 2 heterocycles. The Morgan fingerprint density at radius 3 is 3.10 bits per heavy atom. The molecule has 0 saturated carbocycles. The van der Waals surface area contributed by atoms with Gasteiger partial charge in [-0.05, 0) is 12.1 Å². The van der Waals surface area contributed by atoms with Crippen molar-refractivity contribution >= 4 is 32.2 Å². The van der Waals surface area contributed by atoms with E-state index < -0.39 is 0 Å². The second-order valence-electron chi connectivity index (χ2n) is 4.63. The van der Waals surface area contributed by atoms with Gasteiger partial charge >= 0.3 is 0 Å². The number of rotatable bonds is 5. The largest absolute Gasteiger partial charge is 0.496 e. The van der Waals surface area contributed by atoms with Crippen molar-refractivity contribution in [1.29, 1.82) is 0 Å². The maximum absolute atomic E-state index is 5.73. The van der Waals surface area contributed by atoms with Gasteiger partial charge < -0.3 is 4.74 Å². The number of thiazole rings is 1. The molecule has 7 heteroatoms. The third-order valence-corrected chi connectivity index (χ3v) is 4.59. The highest BCUT2D eigenvalue weighted by molar-refractivity contribution is 9.10. The van der Waals surface area contributed by atoms with Crippen LogP contribution in [0.1, 0.15) is 17.3 Å². The molecule has 3 rings (SSSR count). The average molecular weight is 367 g/mol. The first kappa shape index (κ1) is 14.5. The van der Waals surface area contributed by atoms with E-state index in [1.165, 1.54) is 0 Å². The zero-order valence-corrected chi connectivity index (χ0v) is 13.8. The van der Waals surface area contributed by atoms with Crippen molar-refractivity contribution in [2.75, 3.05) is 7.11 Å². The number of hydrazine groups is 1. The monoisotopic (exact) mass is 366 g/mol. The van der Waals surface area contributed by atoms with Crippen LogP contribution in [0.3, 0.4) is 0 Å². The maximum Gasteiger partial charge on any atom is 0.193 e. The zero-order chi connectivity index (χ0) is 14.8. The van der Waals surface area contributed by atoms with Gasteiger partial charge in [0.2, 0.25) is 0 Å². The summed E-state index contributed by atoms with van der Waals surface area (Å²) in [7, 11) is 1.66. The van der Waals surface area contributed by atoms with Gasteiger partial charge in [0.15, 0.2) is 4.96 Å². The van der Waals surface area contributed by atoms with Gasteiger partial charge in [0.1, 0.15) is 5.75 Å². The number of fused-ring (bicyclic) bond motifs is 1. The summed E-state index contributed by atoms with van der Waals surface area (Å²) in [4.78, 5) is 5.58. The number of nitrogens with two attached hydrogens (primary N) is 1. The van der Waals surface area contributed by atoms with Crippen LogP contribution < -0.4 is 16.0 Å². The molecule has 0 radical (unpaired) electrons. The number of methoxy groups -OCH3 is 1. The summed E-state index contributed by atoms with van der Waals surface area (Å²) in [5.74, 6) is 6.53. The molecule has 2 aromatic heterocycles. The number of halogens is 1. The van der Waals surface area contributed by atoms with Crippen LogP contribution in [0, 0.1) is 0 Å². The summed E-state index contributed by atoms with van der Waals surface area (Å²) >= 11 is 5.06. The first-order valence-corrected chi connectivity index (χ1v) is 8.09. The first-order valence-electron chi connectivity index (χ1n) is 6.42. The molecule has 110 valence electrons. The standard InChI is InChI=1S/C14H15BrN4OS/c1-20-13-6-9(15)2-3-11(13)12(18-16)7-10-8-19-4-5-21-14(19)17-10/h2-6,8,12,18H,7,16H2,1H3. The fraction of sp³-hybridized carbons (Fsp3) is 0.214. The molecule has 5 nitrogen and oxygen atoms in total. The summed E-state index contributed by atoms with van der Waals surface area (Å²) in [6.07, 6.45) is 4.73. The van der Waals surface area contributed by atoms with Gasteiger partial charge in [-0.2, -0.15) is 0 Å². The molecule has 0 fully saturated rings. The van der Waals surface area contributed by atoms with E-state index in [4.69, 9.17) is 10.6 Å². The molecule has 0 aliphatic carbocycles. The van der Waals surface area contributed by atoms with Crippen molar-refractivity contribution in [1.82, 2.24) is 14.8 Å². The molecule has 0 aliphatic heterocycles. The number of nitrogens with one attached hydrogen (secondary N) is 1. The van der Waals surface area contributed by atoms with E-state index in [9.17, 15) is 0 Å².